The number of benzene rings is 1. The fraction of sp³-hybridized carbons (Fsp3) is 0.778. The number of hydrogen-bond donors (Lipinski definition) is 0. The van der Waals surface area contributed by atoms with Gasteiger partial charge >= 0.3 is 7.60 Å². The van der Waals surface area contributed by atoms with Crippen LogP contribution in [0.25, 0.3) is 0 Å². The molecule has 37 heavy (non-hydrogen) atoms. The standard InChI is InChI=1S/C27H48O8P2/c1-9-32-27(36-28,33-10-2)24-19-25(31-17-16-22(7)15-13-14-21(5)6)23(18-26(24)30-8)20-37(29,34-11-3)35-12-4/h18-19,21-22H,9-17,20H2,1-8H3. The van der Waals surface area contributed by atoms with Crippen LogP contribution in [-0.4, -0.2) is 40.1 Å². The van der Waals surface area contributed by atoms with Crippen LogP contribution in [0, 0.1) is 11.8 Å². The van der Waals surface area contributed by atoms with Crippen molar-refractivity contribution in [3.8, 4) is 11.5 Å². The minimum absolute atomic E-state index is 0.00988. The molecule has 0 saturated carbocycles. The highest BCUT2D eigenvalue weighted by molar-refractivity contribution is 7.53. The van der Waals surface area contributed by atoms with E-state index in [1.54, 1.807) is 39.8 Å². The van der Waals surface area contributed by atoms with Crippen LogP contribution < -0.4 is 9.47 Å². The van der Waals surface area contributed by atoms with E-state index < -0.39 is 13.1 Å². The minimum Gasteiger partial charge on any atom is -0.496 e. The molecule has 0 saturated heterocycles. The summed E-state index contributed by atoms with van der Waals surface area (Å²) in [6.45, 7) is 15.4. The molecule has 0 spiro atoms. The quantitative estimate of drug-likeness (QED) is 0.109. The van der Waals surface area contributed by atoms with Gasteiger partial charge in [0.25, 0.3) is 5.53 Å². The van der Waals surface area contributed by atoms with E-state index >= 15 is 0 Å². The van der Waals surface area contributed by atoms with E-state index in [2.05, 4.69) is 20.8 Å². The van der Waals surface area contributed by atoms with Crippen LogP contribution in [0.4, 0.5) is 0 Å². The smallest absolute Gasteiger partial charge is 0.335 e. The Kier molecular flexibility index (Phi) is 16.1. The van der Waals surface area contributed by atoms with Crippen molar-refractivity contribution in [3.05, 3.63) is 23.3 Å². The Morgan fingerprint density at radius 3 is 2.00 bits per heavy atom. The SMILES string of the molecule is CCOC(OCC)(P=O)c1cc(OCCC(C)CCCC(C)C)c(CP(=O)(OCC)OCC)cc1OC. The van der Waals surface area contributed by atoms with Crippen LogP contribution in [0.1, 0.15) is 85.3 Å². The normalized spacial score (nSPS) is 13.3. The molecule has 1 unspecified atom stereocenters. The highest BCUT2D eigenvalue weighted by Crippen LogP contribution is 2.54. The third-order valence-electron chi connectivity index (χ3n) is 5.89. The third kappa shape index (κ3) is 10.9. The molecule has 0 N–H and O–H groups in total. The lowest BCUT2D eigenvalue weighted by Crippen LogP contribution is -2.28. The molecule has 0 aliphatic carbocycles. The van der Waals surface area contributed by atoms with Crippen molar-refractivity contribution in [2.75, 3.05) is 40.1 Å². The zero-order chi connectivity index (χ0) is 27.9. The van der Waals surface area contributed by atoms with Gasteiger partial charge in [-0.3, -0.25) is 9.13 Å². The monoisotopic (exact) mass is 562 g/mol. The summed E-state index contributed by atoms with van der Waals surface area (Å²) in [4.78, 5) is 0. The Labute approximate surface area is 225 Å². The fourth-order valence-corrected chi connectivity index (χ4v) is 6.43. The van der Waals surface area contributed by atoms with E-state index in [1.165, 1.54) is 20.0 Å². The highest BCUT2D eigenvalue weighted by Gasteiger charge is 2.40. The summed E-state index contributed by atoms with van der Waals surface area (Å²) < 4.78 is 60.5. The predicted molar refractivity (Wildman–Crippen MR) is 148 cm³/mol. The largest absolute Gasteiger partial charge is 0.496 e. The molecule has 214 valence electrons. The first kappa shape index (κ1) is 34.0. The molecule has 0 fully saturated rings. The Morgan fingerprint density at radius 2 is 1.51 bits per heavy atom. The molecular weight excluding hydrogens is 514 g/mol. The van der Waals surface area contributed by atoms with Crippen LogP contribution in [0.15, 0.2) is 12.1 Å². The molecule has 1 atom stereocenters. The van der Waals surface area contributed by atoms with Crippen molar-refractivity contribution in [2.45, 2.75) is 85.8 Å². The molecule has 0 heterocycles. The van der Waals surface area contributed by atoms with E-state index in [4.69, 9.17) is 28.0 Å². The summed E-state index contributed by atoms with van der Waals surface area (Å²) in [6, 6.07) is 3.44. The molecule has 8 nitrogen and oxygen atoms in total. The molecular formula is C27H48O8P2. The average molecular weight is 563 g/mol. The van der Waals surface area contributed by atoms with Gasteiger partial charge in [0.1, 0.15) is 11.5 Å². The van der Waals surface area contributed by atoms with Crippen molar-refractivity contribution in [1.82, 2.24) is 0 Å². The molecule has 0 aliphatic heterocycles. The topological polar surface area (TPSA) is 89.5 Å². The third-order valence-corrected chi connectivity index (χ3v) is 8.66. The van der Waals surface area contributed by atoms with E-state index in [0.29, 0.717) is 41.1 Å². The Morgan fingerprint density at radius 1 is 0.892 bits per heavy atom. The summed E-state index contributed by atoms with van der Waals surface area (Å²) in [7, 11) is -2.29. The van der Waals surface area contributed by atoms with E-state index in [-0.39, 0.29) is 41.0 Å². The molecule has 0 bridgehead atoms. The Hall–Kier alpha value is -1.01. The number of methoxy groups -OCH3 is 1. The molecule has 0 radical (unpaired) electrons. The van der Waals surface area contributed by atoms with Gasteiger partial charge in [-0.05, 0) is 58.1 Å². The molecule has 0 aliphatic rings. The first-order valence-electron chi connectivity index (χ1n) is 13.5. The zero-order valence-electron chi connectivity index (χ0n) is 24.0. The number of rotatable bonds is 21. The molecule has 0 amide bonds. The maximum absolute atomic E-state index is 13.4. The van der Waals surface area contributed by atoms with Crippen LogP contribution in [0.5, 0.6) is 11.5 Å². The number of hydrogen-bond acceptors (Lipinski definition) is 8. The second kappa shape index (κ2) is 17.6. The average Bonchev–Trinajstić information content (AvgIpc) is 2.84. The van der Waals surface area contributed by atoms with Gasteiger partial charge < -0.3 is 28.0 Å². The minimum atomic E-state index is -3.42. The summed E-state index contributed by atoms with van der Waals surface area (Å²) in [5.74, 6) is 2.07. The second-order valence-electron chi connectivity index (χ2n) is 9.37. The van der Waals surface area contributed by atoms with Crippen molar-refractivity contribution < 1.29 is 37.1 Å². The van der Waals surface area contributed by atoms with Gasteiger partial charge in [0.2, 0.25) is 8.46 Å². The summed E-state index contributed by atoms with van der Waals surface area (Å²) in [5, 5.41) is 0. The highest BCUT2D eigenvalue weighted by atomic mass is 31.2. The fourth-order valence-electron chi connectivity index (χ4n) is 4.09. The van der Waals surface area contributed by atoms with E-state index in [9.17, 15) is 9.13 Å². The van der Waals surface area contributed by atoms with Gasteiger partial charge in [0, 0.05) is 18.8 Å². The Balaban J connectivity index is 3.41. The maximum atomic E-state index is 13.4. The van der Waals surface area contributed by atoms with Gasteiger partial charge in [-0.25, -0.2) is 0 Å². The molecule has 1 aromatic rings. The molecule has 1 aromatic carbocycles. The van der Waals surface area contributed by atoms with Crippen LogP contribution in [0.3, 0.4) is 0 Å². The summed E-state index contributed by atoms with van der Waals surface area (Å²) in [5.41, 5.74) is -0.511. The summed E-state index contributed by atoms with van der Waals surface area (Å²) in [6.07, 6.45) is 4.42. The van der Waals surface area contributed by atoms with Crippen molar-refractivity contribution in [1.29, 1.82) is 0 Å². The molecule has 0 aromatic heterocycles. The second-order valence-corrected chi connectivity index (χ2v) is 12.2. The van der Waals surface area contributed by atoms with Crippen molar-refractivity contribution in [2.24, 2.45) is 11.8 Å². The lowest BCUT2D eigenvalue weighted by Gasteiger charge is -2.29. The van der Waals surface area contributed by atoms with Crippen LogP contribution in [-0.2, 0) is 39.3 Å². The number of ether oxygens (including phenoxy) is 4. The Bertz CT molecular complexity index is 830. The summed E-state index contributed by atoms with van der Waals surface area (Å²) >= 11 is 0. The van der Waals surface area contributed by atoms with Gasteiger partial charge in [0.15, 0.2) is 0 Å². The predicted octanol–water partition coefficient (Wildman–Crippen LogP) is 8.17. The first-order chi connectivity index (χ1) is 17.6. The van der Waals surface area contributed by atoms with Crippen LogP contribution >= 0.6 is 16.1 Å². The van der Waals surface area contributed by atoms with Gasteiger partial charge in [-0.1, -0.05) is 40.0 Å². The van der Waals surface area contributed by atoms with Crippen molar-refractivity contribution in [3.63, 3.8) is 0 Å². The van der Waals surface area contributed by atoms with Crippen molar-refractivity contribution >= 4 is 16.1 Å². The zero-order valence-corrected chi connectivity index (χ0v) is 25.8. The lowest BCUT2D eigenvalue weighted by atomic mass is 9.98. The van der Waals surface area contributed by atoms with Gasteiger partial charge in [-0.15, -0.1) is 0 Å². The molecule has 10 heteroatoms. The van der Waals surface area contributed by atoms with Gasteiger partial charge in [-0.2, -0.15) is 0 Å². The maximum Gasteiger partial charge on any atom is 0.335 e. The van der Waals surface area contributed by atoms with E-state index in [0.717, 1.165) is 12.8 Å². The lowest BCUT2D eigenvalue weighted by molar-refractivity contribution is -0.177. The van der Waals surface area contributed by atoms with Crippen LogP contribution in [0.2, 0.25) is 0 Å². The van der Waals surface area contributed by atoms with Gasteiger partial charge in [0.05, 0.1) is 38.7 Å². The molecule has 1 rings (SSSR count). The first-order valence-corrected chi connectivity index (χ1v) is 16.0. The van der Waals surface area contributed by atoms with E-state index in [1.807, 2.05) is 0 Å².